The lowest BCUT2D eigenvalue weighted by atomic mass is 10.0. The Kier molecular flexibility index (Phi) is 4.62. The largest absolute Gasteiger partial charge is 0.383 e. The molecule has 86 valence electrons. The van der Waals surface area contributed by atoms with Crippen molar-refractivity contribution < 1.29 is 4.79 Å². The first-order chi connectivity index (χ1) is 7.54. The standard InChI is InChI=1S/C13H17NOS/c1-10(15)13(9-14(2)3)11-5-7-12(16-4)8-6-11/h5-9H,1-4H3. The van der Waals surface area contributed by atoms with Gasteiger partial charge in [-0.1, -0.05) is 12.1 Å². The topological polar surface area (TPSA) is 20.3 Å². The molecule has 0 aliphatic carbocycles. The lowest BCUT2D eigenvalue weighted by Crippen LogP contribution is -2.06. The van der Waals surface area contributed by atoms with Crippen LogP contribution < -0.4 is 0 Å². The predicted molar refractivity (Wildman–Crippen MR) is 70.6 cm³/mol. The smallest absolute Gasteiger partial charge is 0.161 e. The number of benzene rings is 1. The van der Waals surface area contributed by atoms with Crippen molar-refractivity contribution in [1.29, 1.82) is 0 Å². The highest BCUT2D eigenvalue weighted by Gasteiger charge is 2.07. The van der Waals surface area contributed by atoms with Crippen molar-refractivity contribution in [2.24, 2.45) is 0 Å². The average molecular weight is 235 g/mol. The normalized spacial score (nSPS) is 11.4. The van der Waals surface area contributed by atoms with Gasteiger partial charge < -0.3 is 4.90 Å². The second-order valence-electron chi connectivity index (χ2n) is 3.79. The van der Waals surface area contributed by atoms with Gasteiger partial charge in [0.2, 0.25) is 0 Å². The summed E-state index contributed by atoms with van der Waals surface area (Å²) in [6.45, 7) is 1.60. The van der Waals surface area contributed by atoms with Crippen molar-refractivity contribution in [2.45, 2.75) is 11.8 Å². The first kappa shape index (κ1) is 12.8. The Balaban J connectivity index is 3.07. The molecule has 0 atom stereocenters. The summed E-state index contributed by atoms with van der Waals surface area (Å²) in [6, 6.07) is 8.05. The number of rotatable bonds is 4. The van der Waals surface area contributed by atoms with E-state index >= 15 is 0 Å². The van der Waals surface area contributed by atoms with Gasteiger partial charge in [0.15, 0.2) is 5.78 Å². The zero-order valence-electron chi connectivity index (χ0n) is 10.2. The fourth-order valence-corrected chi connectivity index (χ4v) is 1.81. The van der Waals surface area contributed by atoms with E-state index in [9.17, 15) is 4.79 Å². The van der Waals surface area contributed by atoms with Gasteiger partial charge in [0, 0.05) is 30.8 Å². The van der Waals surface area contributed by atoms with Crippen molar-refractivity contribution in [3.8, 4) is 0 Å². The molecule has 3 heteroatoms. The molecule has 0 amide bonds. The van der Waals surface area contributed by atoms with E-state index in [-0.39, 0.29) is 5.78 Å². The van der Waals surface area contributed by atoms with E-state index < -0.39 is 0 Å². The quantitative estimate of drug-likeness (QED) is 0.591. The van der Waals surface area contributed by atoms with Crippen molar-refractivity contribution in [3.05, 3.63) is 36.0 Å². The van der Waals surface area contributed by atoms with Gasteiger partial charge in [-0.25, -0.2) is 0 Å². The number of thioether (sulfide) groups is 1. The third-order valence-electron chi connectivity index (χ3n) is 2.17. The Morgan fingerprint density at radius 1 is 1.25 bits per heavy atom. The van der Waals surface area contributed by atoms with Crippen molar-refractivity contribution >= 4 is 23.1 Å². The van der Waals surface area contributed by atoms with E-state index in [4.69, 9.17) is 0 Å². The Labute approximate surface area is 101 Å². The van der Waals surface area contributed by atoms with E-state index in [2.05, 4.69) is 0 Å². The molecule has 0 radical (unpaired) electrons. The van der Waals surface area contributed by atoms with Crippen LogP contribution in [0.4, 0.5) is 0 Å². The van der Waals surface area contributed by atoms with Crippen LogP contribution in [-0.2, 0) is 4.79 Å². The second-order valence-corrected chi connectivity index (χ2v) is 4.67. The number of ketones is 1. The van der Waals surface area contributed by atoms with Crippen molar-refractivity contribution in [2.75, 3.05) is 20.4 Å². The summed E-state index contributed by atoms with van der Waals surface area (Å²) in [6.07, 6.45) is 3.90. The van der Waals surface area contributed by atoms with Crippen molar-refractivity contribution in [3.63, 3.8) is 0 Å². The van der Waals surface area contributed by atoms with Crippen LogP contribution in [0.3, 0.4) is 0 Å². The number of allylic oxidation sites excluding steroid dienone is 1. The monoisotopic (exact) mass is 235 g/mol. The van der Waals surface area contributed by atoms with Crippen LogP contribution in [0.5, 0.6) is 0 Å². The van der Waals surface area contributed by atoms with Crippen LogP contribution in [-0.4, -0.2) is 31.0 Å². The van der Waals surface area contributed by atoms with Crippen LogP contribution in [0, 0.1) is 0 Å². The molecule has 1 aromatic carbocycles. The first-order valence-corrected chi connectivity index (χ1v) is 6.30. The van der Waals surface area contributed by atoms with Crippen LogP contribution >= 0.6 is 11.8 Å². The summed E-state index contributed by atoms with van der Waals surface area (Å²) in [5.41, 5.74) is 1.72. The minimum Gasteiger partial charge on any atom is -0.383 e. The molecule has 0 heterocycles. The minimum atomic E-state index is 0.0885. The number of carbonyl (C=O) groups is 1. The van der Waals surface area contributed by atoms with Crippen molar-refractivity contribution in [1.82, 2.24) is 4.90 Å². The molecule has 0 N–H and O–H groups in total. The van der Waals surface area contributed by atoms with Gasteiger partial charge in [-0.2, -0.15) is 0 Å². The van der Waals surface area contributed by atoms with E-state index in [1.807, 2.05) is 55.7 Å². The molecule has 2 nitrogen and oxygen atoms in total. The van der Waals surface area contributed by atoms with Gasteiger partial charge in [0.25, 0.3) is 0 Å². The number of nitrogens with zero attached hydrogens (tertiary/aromatic N) is 1. The SMILES string of the molecule is CSc1ccc(C(=CN(C)C)C(C)=O)cc1. The molecule has 0 aliphatic heterocycles. The fourth-order valence-electron chi connectivity index (χ4n) is 1.40. The van der Waals surface area contributed by atoms with Gasteiger partial charge in [0.1, 0.15) is 0 Å². The highest BCUT2D eigenvalue weighted by atomic mass is 32.2. The number of carbonyl (C=O) groups excluding carboxylic acids is 1. The molecule has 1 aromatic rings. The molecular weight excluding hydrogens is 218 g/mol. The summed E-state index contributed by atoms with van der Waals surface area (Å²) in [5, 5.41) is 0. The third-order valence-corrected chi connectivity index (χ3v) is 2.91. The zero-order valence-corrected chi connectivity index (χ0v) is 11.0. The zero-order chi connectivity index (χ0) is 12.1. The molecule has 1 rings (SSSR count). The van der Waals surface area contributed by atoms with E-state index in [1.165, 1.54) is 4.90 Å². The third kappa shape index (κ3) is 3.42. The number of hydrogen-bond donors (Lipinski definition) is 0. The molecule has 0 unspecified atom stereocenters. The Hall–Kier alpha value is -1.22. The van der Waals surface area contributed by atoms with E-state index in [1.54, 1.807) is 18.7 Å². The van der Waals surface area contributed by atoms with E-state index in [0.717, 1.165) is 11.1 Å². The summed E-state index contributed by atoms with van der Waals surface area (Å²) >= 11 is 1.70. The van der Waals surface area contributed by atoms with Gasteiger partial charge in [0.05, 0.1) is 0 Å². The Morgan fingerprint density at radius 2 is 1.81 bits per heavy atom. The maximum absolute atomic E-state index is 11.5. The van der Waals surface area contributed by atoms with Gasteiger partial charge >= 0.3 is 0 Å². The van der Waals surface area contributed by atoms with Crippen LogP contribution in [0.1, 0.15) is 12.5 Å². The minimum absolute atomic E-state index is 0.0885. The summed E-state index contributed by atoms with van der Waals surface area (Å²) in [7, 11) is 3.83. The van der Waals surface area contributed by atoms with E-state index in [0.29, 0.717) is 0 Å². The van der Waals surface area contributed by atoms with Crippen LogP contribution in [0.2, 0.25) is 0 Å². The maximum atomic E-state index is 11.5. The fraction of sp³-hybridized carbons (Fsp3) is 0.308. The van der Waals surface area contributed by atoms with Gasteiger partial charge in [-0.15, -0.1) is 11.8 Å². The average Bonchev–Trinajstić information content (AvgIpc) is 2.25. The Bertz CT molecular complexity index is 393. The molecule has 0 spiro atoms. The molecule has 16 heavy (non-hydrogen) atoms. The molecule has 0 aliphatic rings. The lowest BCUT2D eigenvalue weighted by Gasteiger charge is -2.10. The first-order valence-electron chi connectivity index (χ1n) is 5.08. The molecular formula is C13H17NOS. The lowest BCUT2D eigenvalue weighted by molar-refractivity contribution is -0.111. The Morgan fingerprint density at radius 3 is 2.19 bits per heavy atom. The molecule has 0 aromatic heterocycles. The highest BCUT2D eigenvalue weighted by molar-refractivity contribution is 7.98. The molecule has 0 saturated heterocycles. The summed E-state index contributed by atoms with van der Waals surface area (Å²) in [5.74, 6) is 0.0885. The molecule has 0 fully saturated rings. The van der Waals surface area contributed by atoms with Crippen LogP contribution in [0.15, 0.2) is 35.4 Å². The highest BCUT2D eigenvalue weighted by Crippen LogP contribution is 2.20. The van der Waals surface area contributed by atoms with Gasteiger partial charge in [-0.3, -0.25) is 4.79 Å². The summed E-state index contributed by atoms with van der Waals surface area (Å²) < 4.78 is 0. The maximum Gasteiger partial charge on any atom is 0.161 e. The second kappa shape index (κ2) is 5.75. The van der Waals surface area contributed by atoms with Gasteiger partial charge in [-0.05, 0) is 30.9 Å². The predicted octanol–water partition coefficient (Wildman–Crippen LogP) is 2.90. The summed E-state index contributed by atoms with van der Waals surface area (Å²) in [4.78, 5) is 14.6. The number of Topliss-reactive ketones (excluding diaryl/α,β-unsaturated/α-hetero) is 1. The number of hydrogen-bond acceptors (Lipinski definition) is 3. The van der Waals surface area contributed by atoms with Crippen LogP contribution in [0.25, 0.3) is 5.57 Å². The molecule has 0 saturated carbocycles. The molecule has 0 bridgehead atoms.